The van der Waals surface area contributed by atoms with E-state index in [-0.39, 0.29) is 11.3 Å². The van der Waals surface area contributed by atoms with Gasteiger partial charge in [0.15, 0.2) is 0 Å². The van der Waals surface area contributed by atoms with Crippen LogP contribution in [0.4, 0.5) is 5.69 Å². The van der Waals surface area contributed by atoms with E-state index in [1.807, 2.05) is 0 Å². The molecule has 0 saturated heterocycles. The van der Waals surface area contributed by atoms with E-state index < -0.39 is 16.2 Å². The van der Waals surface area contributed by atoms with Crippen LogP contribution in [-0.4, -0.2) is 42.9 Å². The summed E-state index contributed by atoms with van der Waals surface area (Å²) in [6, 6.07) is 0. The molecule has 0 radical (unpaired) electrons. The van der Waals surface area contributed by atoms with Gasteiger partial charge in [0.2, 0.25) is 0 Å². The largest absolute Gasteiger partial charge is 0.478 e. The fourth-order valence-corrected chi connectivity index (χ4v) is 1.73. The fourth-order valence-electron chi connectivity index (χ4n) is 1.11. The molecule has 1 heterocycles. The van der Waals surface area contributed by atoms with Gasteiger partial charge in [0.05, 0.1) is 5.69 Å². The normalized spacial score (nSPS) is 11.8. The maximum absolute atomic E-state index is 11.5. The molecule has 0 aliphatic carbocycles. The lowest BCUT2D eigenvalue weighted by Crippen LogP contribution is -2.29. The Kier molecular flexibility index (Phi) is 3.24. The van der Waals surface area contributed by atoms with Crippen LogP contribution in [0, 0.1) is 6.92 Å². The van der Waals surface area contributed by atoms with Crippen LogP contribution in [-0.2, 0) is 10.2 Å². The lowest BCUT2D eigenvalue weighted by atomic mass is 10.2. The summed E-state index contributed by atoms with van der Waals surface area (Å²) in [6.45, 7) is 1.55. The molecule has 0 spiro atoms. The second kappa shape index (κ2) is 4.14. The summed E-state index contributed by atoms with van der Waals surface area (Å²) >= 11 is 0. The number of nitrogens with zero attached hydrogens (tertiary/aromatic N) is 1. The summed E-state index contributed by atoms with van der Waals surface area (Å²) in [4.78, 5) is 13.5. The number of rotatable bonds is 4. The highest BCUT2D eigenvalue weighted by molar-refractivity contribution is 7.90. The highest BCUT2D eigenvalue weighted by atomic mass is 32.2. The van der Waals surface area contributed by atoms with E-state index >= 15 is 0 Å². The van der Waals surface area contributed by atoms with Crippen molar-refractivity contribution in [2.24, 2.45) is 0 Å². The molecule has 16 heavy (non-hydrogen) atoms. The maximum atomic E-state index is 11.5. The molecule has 7 nitrogen and oxygen atoms in total. The average Bonchev–Trinajstić information content (AvgIpc) is 2.45. The lowest BCUT2D eigenvalue weighted by molar-refractivity contribution is 0.0697. The van der Waals surface area contributed by atoms with E-state index in [1.165, 1.54) is 20.3 Å². The van der Waals surface area contributed by atoms with Crippen molar-refractivity contribution in [2.75, 3.05) is 18.8 Å². The van der Waals surface area contributed by atoms with Crippen LogP contribution < -0.4 is 4.72 Å². The molecule has 0 saturated carbocycles. The van der Waals surface area contributed by atoms with Crippen LogP contribution >= 0.6 is 0 Å². The predicted molar refractivity (Wildman–Crippen MR) is 58.7 cm³/mol. The van der Waals surface area contributed by atoms with Crippen LogP contribution in [0.25, 0.3) is 0 Å². The molecule has 90 valence electrons. The highest BCUT2D eigenvalue weighted by Gasteiger charge is 2.20. The first kappa shape index (κ1) is 12.5. The van der Waals surface area contributed by atoms with Gasteiger partial charge in [-0.3, -0.25) is 4.72 Å². The number of aryl methyl sites for hydroxylation is 1. The molecule has 0 aliphatic rings. The number of carbonyl (C=O) groups is 1. The van der Waals surface area contributed by atoms with Gasteiger partial charge in [0.25, 0.3) is 0 Å². The Morgan fingerprint density at radius 3 is 2.50 bits per heavy atom. The SMILES string of the molecule is Cc1[nH]cc(NS(=O)(=O)N(C)C)c1C(=O)O. The molecule has 0 amide bonds. The Morgan fingerprint density at radius 2 is 2.06 bits per heavy atom. The molecule has 0 aromatic carbocycles. The van der Waals surface area contributed by atoms with Gasteiger partial charge in [-0.2, -0.15) is 12.7 Å². The smallest absolute Gasteiger partial charge is 0.339 e. The van der Waals surface area contributed by atoms with Gasteiger partial charge in [0.1, 0.15) is 5.56 Å². The van der Waals surface area contributed by atoms with Crippen LogP contribution in [0.3, 0.4) is 0 Å². The average molecular weight is 247 g/mol. The second-order valence-corrected chi connectivity index (χ2v) is 5.28. The summed E-state index contributed by atoms with van der Waals surface area (Å²) < 4.78 is 26.1. The number of nitrogens with one attached hydrogen (secondary N) is 2. The molecular weight excluding hydrogens is 234 g/mol. The third-order valence-corrected chi connectivity index (χ3v) is 3.45. The molecule has 1 rings (SSSR count). The van der Waals surface area contributed by atoms with E-state index in [0.29, 0.717) is 5.69 Å². The Hall–Kier alpha value is -1.54. The van der Waals surface area contributed by atoms with Crippen molar-refractivity contribution >= 4 is 21.9 Å². The number of carboxylic acids is 1. The zero-order valence-corrected chi connectivity index (χ0v) is 9.92. The Bertz CT molecular complexity index is 503. The topological polar surface area (TPSA) is 103 Å². The molecule has 0 atom stereocenters. The number of aromatic amines is 1. The number of hydrogen-bond acceptors (Lipinski definition) is 3. The zero-order chi connectivity index (χ0) is 12.5. The van der Waals surface area contributed by atoms with Crippen molar-refractivity contribution in [1.82, 2.24) is 9.29 Å². The zero-order valence-electron chi connectivity index (χ0n) is 9.10. The van der Waals surface area contributed by atoms with E-state index in [1.54, 1.807) is 6.92 Å². The first-order valence-corrected chi connectivity index (χ1v) is 5.81. The number of hydrogen-bond donors (Lipinski definition) is 3. The molecule has 0 fully saturated rings. The molecule has 1 aromatic heterocycles. The number of H-pyrrole nitrogens is 1. The third-order valence-electron chi connectivity index (χ3n) is 2.01. The predicted octanol–water partition coefficient (Wildman–Crippen LogP) is 0.240. The van der Waals surface area contributed by atoms with Crippen molar-refractivity contribution in [2.45, 2.75) is 6.92 Å². The number of aromatic carboxylic acids is 1. The summed E-state index contributed by atoms with van der Waals surface area (Å²) in [7, 11) is -0.995. The highest BCUT2D eigenvalue weighted by Crippen LogP contribution is 2.20. The minimum Gasteiger partial charge on any atom is -0.478 e. The molecular formula is C8H13N3O4S. The molecule has 1 aromatic rings. The number of anilines is 1. The number of aromatic nitrogens is 1. The Balaban J connectivity index is 3.13. The molecule has 0 aliphatic heterocycles. The van der Waals surface area contributed by atoms with Crippen molar-refractivity contribution in [3.05, 3.63) is 17.5 Å². The van der Waals surface area contributed by atoms with Gasteiger partial charge in [0, 0.05) is 26.0 Å². The molecule has 0 unspecified atom stereocenters. The second-order valence-electron chi connectivity index (χ2n) is 3.40. The minimum absolute atomic E-state index is 0.0266. The van der Waals surface area contributed by atoms with E-state index in [2.05, 4.69) is 9.71 Å². The summed E-state index contributed by atoms with van der Waals surface area (Å²) in [6.07, 6.45) is 1.31. The molecule has 3 N–H and O–H groups in total. The van der Waals surface area contributed by atoms with Crippen LogP contribution in [0.5, 0.6) is 0 Å². The summed E-state index contributed by atoms with van der Waals surface area (Å²) in [5.74, 6) is -1.18. The monoisotopic (exact) mass is 247 g/mol. The first-order chi connectivity index (χ1) is 7.25. The standard InChI is InChI=1S/C8H13N3O4S/c1-5-7(8(12)13)6(4-9-5)10-16(14,15)11(2)3/h4,9-10H,1-3H3,(H,12,13). The van der Waals surface area contributed by atoms with E-state index in [0.717, 1.165) is 4.31 Å². The quantitative estimate of drug-likeness (QED) is 0.709. The van der Waals surface area contributed by atoms with Crippen molar-refractivity contribution in [3.63, 3.8) is 0 Å². The Labute approximate surface area is 93.3 Å². The van der Waals surface area contributed by atoms with Crippen molar-refractivity contribution < 1.29 is 18.3 Å². The maximum Gasteiger partial charge on any atom is 0.339 e. The van der Waals surface area contributed by atoms with Gasteiger partial charge in [-0.05, 0) is 6.92 Å². The molecule has 8 heteroatoms. The third kappa shape index (κ3) is 2.34. The Morgan fingerprint density at radius 1 is 1.50 bits per heavy atom. The van der Waals surface area contributed by atoms with Gasteiger partial charge in [-0.25, -0.2) is 4.79 Å². The van der Waals surface area contributed by atoms with Gasteiger partial charge >= 0.3 is 16.2 Å². The minimum atomic E-state index is -3.69. The van der Waals surface area contributed by atoms with E-state index in [4.69, 9.17) is 5.11 Å². The lowest BCUT2D eigenvalue weighted by Gasteiger charge is -2.12. The van der Waals surface area contributed by atoms with Crippen LogP contribution in [0.2, 0.25) is 0 Å². The van der Waals surface area contributed by atoms with Gasteiger partial charge in [-0.15, -0.1) is 0 Å². The summed E-state index contributed by atoms with van der Waals surface area (Å²) in [5, 5.41) is 8.90. The molecule has 0 bridgehead atoms. The number of carboxylic acid groups (broad SMARTS) is 1. The summed E-state index contributed by atoms with van der Waals surface area (Å²) in [5.41, 5.74) is 0.341. The fraction of sp³-hybridized carbons (Fsp3) is 0.375. The van der Waals surface area contributed by atoms with Crippen molar-refractivity contribution in [3.8, 4) is 0 Å². The van der Waals surface area contributed by atoms with Crippen LogP contribution in [0.15, 0.2) is 6.20 Å². The van der Waals surface area contributed by atoms with Crippen LogP contribution in [0.1, 0.15) is 16.1 Å². The first-order valence-electron chi connectivity index (χ1n) is 4.37. The van der Waals surface area contributed by atoms with Gasteiger partial charge < -0.3 is 10.1 Å². The van der Waals surface area contributed by atoms with Crippen molar-refractivity contribution in [1.29, 1.82) is 0 Å². The van der Waals surface area contributed by atoms with Gasteiger partial charge in [-0.1, -0.05) is 0 Å². The van der Waals surface area contributed by atoms with E-state index in [9.17, 15) is 13.2 Å².